The van der Waals surface area contributed by atoms with Crippen LogP contribution >= 0.6 is 0 Å². The van der Waals surface area contributed by atoms with E-state index in [9.17, 15) is 4.79 Å². The van der Waals surface area contributed by atoms with Gasteiger partial charge in [-0.05, 0) is 48.0 Å². The number of rotatable bonds is 3. The smallest absolute Gasteiger partial charge is 0.275 e. The molecule has 1 amide bonds. The fourth-order valence-electron chi connectivity index (χ4n) is 2.64. The number of benzene rings is 1. The molecule has 0 spiro atoms. The van der Waals surface area contributed by atoms with Crippen molar-refractivity contribution < 1.29 is 4.79 Å². The van der Waals surface area contributed by atoms with E-state index >= 15 is 0 Å². The number of carbonyl (C=O) groups is 1. The molecule has 0 radical (unpaired) electrons. The summed E-state index contributed by atoms with van der Waals surface area (Å²) in [6, 6.07) is 20.1. The van der Waals surface area contributed by atoms with E-state index in [4.69, 9.17) is 5.26 Å². The van der Waals surface area contributed by atoms with Gasteiger partial charge in [-0.15, -0.1) is 0 Å². The van der Waals surface area contributed by atoms with Gasteiger partial charge < -0.3 is 5.32 Å². The molecule has 0 bridgehead atoms. The van der Waals surface area contributed by atoms with Crippen molar-refractivity contribution in [1.82, 2.24) is 15.0 Å². The van der Waals surface area contributed by atoms with Crippen molar-refractivity contribution in [3.63, 3.8) is 0 Å². The van der Waals surface area contributed by atoms with Crippen molar-refractivity contribution in [2.75, 3.05) is 5.32 Å². The third kappa shape index (κ3) is 3.48. The van der Waals surface area contributed by atoms with Gasteiger partial charge in [-0.25, -0.2) is 9.97 Å². The number of pyridine rings is 3. The number of nitrogens with zero attached hydrogens (tertiary/aromatic N) is 4. The van der Waals surface area contributed by atoms with Crippen molar-refractivity contribution in [3.8, 4) is 17.2 Å². The molecule has 4 rings (SSSR count). The molecular formula is C21H13N5O. The Hall–Kier alpha value is -4.11. The van der Waals surface area contributed by atoms with Gasteiger partial charge in [-0.2, -0.15) is 5.26 Å². The quantitative estimate of drug-likeness (QED) is 0.606. The zero-order valence-electron chi connectivity index (χ0n) is 14.1. The topological polar surface area (TPSA) is 91.6 Å². The number of nitrogens with one attached hydrogen (secondary N) is 1. The second kappa shape index (κ2) is 7.02. The van der Waals surface area contributed by atoms with E-state index in [-0.39, 0.29) is 11.6 Å². The Morgan fingerprint density at radius 3 is 2.48 bits per heavy atom. The molecule has 1 aromatic carbocycles. The Balaban J connectivity index is 1.52. The lowest BCUT2D eigenvalue weighted by Crippen LogP contribution is -2.14. The Labute approximate surface area is 155 Å². The van der Waals surface area contributed by atoms with Crippen LogP contribution in [0.4, 0.5) is 5.82 Å². The number of amides is 1. The number of hydrogen-bond donors (Lipinski definition) is 1. The molecule has 3 aromatic heterocycles. The summed E-state index contributed by atoms with van der Waals surface area (Å²) in [5.74, 6) is 0.0772. The Morgan fingerprint density at radius 2 is 1.74 bits per heavy atom. The van der Waals surface area contributed by atoms with Crippen LogP contribution in [0.15, 0.2) is 73.1 Å². The van der Waals surface area contributed by atoms with E-state index < -0.39 is 0 Å². The van der Waals surface area contributed by atoms with Gasteiger partial charge in [0.05, 0.1) is 11.6 Å². The maximum absolute atomic E-state index is 12.4. The van der Waals surface area contributed by atoms with Crippen molar-refractivity contribution in [2.45, 2.75) is 0 Å². The maximum Gasteiger partial charge on any atom is 0.275 e. The average molecular weight is 351 g/mol. The van der Waals surface area contributed by atoms with Gasteiger partial charge in [-0.3, -0.25) is 9.78 Å². The predicted octanol–water partition coefficient (Wildman–Crippen LogP) is 3.82. The molecule has 0 aliphatic carbocycles. The molecule has 0 fully saturated rings. The van der Waals surface area contributed by atoms with E-state index in [0.29, 0.717) is 17.0 Å². The highest BCUT2D eigenvalue weighted by Crippen LogP contribution is 2.19. The van der Waals surface area contributed by atoms with Crippen molar-refractivity contribution >= 4 is 22.8 Å². The number of hydrogen-bond acceptors (Lipinski definition) is 5. The van der Waals surface area contributed by atoms with E-state index in [1.54, 1.807) is 36.7 Å². The van der Waals surface area contributed by atoms with E-state index in [2.05, 4.69) is 26.3 Å². The summed E-state index contributed by atoms with van der Waals surface area (Å²) in [7, 11) is 0. The summed E-state index contributed by atoms with van der Waals surface area (Å²) in [5, 5.41) is 12.5. The zero-order valence-corrected chi connectivity index (χ0v) is 14.1. The number of aromatic nitrogens is 3. The van der Waals surface area contributed by atoms with E-state index in [1.165, 1.54) is 0 Å². The highest BCUT2D eigenvalue weighted by molar-refractivity contribution is 6.02. The lowest BCUT2D eigenvalue weighted by Gasteiger charge is -2.06. The Kier molecular flexibility index (Phi) is 4.25. The second-order valence-corrected chi connectivity index (χ2v) is 5.82. The standard InChI is InChI=1S/C21H13N5O/c22-12-14-3-5-15(6-4-14)17-7-9-18(24-13-17)21(27)26-19-10-8-16-2-1-11-23-20(16)25-19/h1-11,13H,(H,23,25,26,27). The summed E-state index contributed by atoms with van der Waals surface area (Å²) < 4.78 is 0. The first-order valence-electron chi connectivity index (χ1n) is 8.23. The molecule has 128 valence electrons. The van der Waals surface area contributed by atoms with Gasteiger partial charge in [0, 0.05) is 23.3 Å². The SMILES string of the molecule is N#Cc1ccc(-c2ccc(C(=O)Nc3ccc4cccnc4n3)nc2)cc1. The van der Waals surface area contributed by atoms with E-state index in [0.717, 1.165) is 16.5 Å². The van der Waals surface area contributed by atoms with Gasteiger partial charge in [0.2, 0.25) is 0 Å². The Morgan fingerprint density at radius 1 is 0.926 bits per heavy atom. The molecule has 0 saturated heterocycles. The fraction of sp³-hybridized carbons (Fsp3) is 0. The number of carbonyl (C=O) groups excluding carboxylic acids is 1. The average Bonchev–Trinajstić information content (AvgIpc) is 2.74. The molecule has 0 atom stereocenters. The summed E-state index contributed by atoms with van der Waals surface area (Å²) in [4.78, 5) is 25.2. The van der Waals surface area contributed by atoms with Crippen LogP contribution in [0.2, 0.25) is 0 Å². The maximum atomic E-state index is 12.4. The second-order valence-electron chi connectivity index (χ2n) is 5.82. The van der Waals surface area contributed by atoms with Crippen LogP contribution < -0.4 is 5.32 Å². The van der Waals surface area contributed by atoms with Crippen LogP contribution in [0.25, 0.3) is 22.2 Å². The van der Waals surface area contributed by atoms with Crippen molar-refractivity contribution in [3.05, 3.63) is 84.3 Å². The highest BCUT2D eigenvalue weighted by Gasteiger charge is 2.10. The first-order chi connectivity index (χ1) is 13.2. The van der Waals surface area contributed by atoms with Crippen LogP contribution in [0.3, 0.4) is 0 Å². The third-order valence-corrected chi connectivity index (χ3v) is 4.05. The lowest BCUT2D eigenvalue weighted by molar-refractivity contribution is 0.102. The minimum atomic E-state index is -0.343. The lowest BCUT2D eigenvalue weighted by atomic mass is 10.1. The van der Waals surface area contributed by atoms with Gasteiger partial charge in [0.1, 0.15) is 11.5 Å². The van der Waals surface area contributed by atoms with Crippen LogP contribution in [-0.2, 0) is 0 Å². The number of anilines is 1. The molecule has 1 N–H and O–H groups in total. The third-order valence-electron chi connectivity index (χ3n) is 4.05. The van der Waals surface area contributed by atoms with Gasteiger partial charge >= 0.3 is 0 Å². The van der Waals surface area contributed by atoms with Crippen molar-refractivity contribution in [1.29, 1.82) is 5.26 Å². The minimum absolute atomic E-state index is 0.287. The minimum Gasteiger partial charge on any atom is -0.305 e. The summed E-state index contributed by atoms with van der Waals surface area (Å²) in [6.07, 6.45) is 3.29. The largest absolute Gasteiger partial charge is 0.305 e. The number of nitriles is 1. The monoisotopic (exact) mass is 351 g/mol. The van der Waals surface area contributed by atoms with Gasteiger partial charge in [0.25, 0.3) is 5.91 Å². The first kappa shape index (κ1) is 16.4. The summed E-state index contributed by atoms with van der Waals surface area (Å²) in [6.45, 7) is 0. The molecular weight excluding hydrogens is 338 g/mol. The molecule has 6 heteroatoms. The molecule has 4 aromatic rings. The number of fused-ring (bicyclic) bond motifs is 1. The molecule has 0 aliphatic rings. The van der Waals surface area contributed by atoms with Crippen molar-refractivity contribution in [2.24, 2.45) is 0 Å². The van der Waals surface area contributed by atoms with Crippen LogP contribution in [0.5, 0.6) is 0 Å². The molecule has 0 unspecified atom stereocenters. The van der Waals surface area contributed by atoms with Gasteiger partial charge in [0.15, 0.2) is 5.65 Å². The molecule has 3 heterocycles. The molecule has 6 nitrogen and oxygen atoms in total. The normalized spacial score (nSPS) is 10.3. The van der Waals surface area contributed by atoms with Crippen LogP contribution in [-0.4, -0.2) is 20.9 Å². The zero-order chi connectivity index (χ0) is 18.6. The van der Waals surface area contributed by atoms with E-state index in [1.807, 2.05) is 36.4 Å². The molecule has 0 aliphatic heterocycles. The predicted molar refractivity (Wildman–Crippen MR) is 102 cm³/mol. The molecule has 0 saturated carbocycles. The fourth-order valence-corrected chi connectivity index (χ4v) is 2.64. The summed E-state index contributed by atoms with van der Waals surface area (Å²) in [5.41, 5.74) is 3.25. The highest BCUT2D eigenvalue weighted by atomic mass is 16.1. The Bertz CT molecular complexity index is 1160. The molecule has 27 heavy (non-hydrogen) atoms. The van der Waals surface area contributed by atoms with Crippen LogP contribution in [0, 0.1) is 11.3 Å². The van der Waals surface area contributed by atoms with Gasteiger partial charge in [-0.1, -0.05) is 18.2 Å². The summed E-state index contributed by atoms with van der Waals surface area (Å²) >= 11 is 0. The first-order valence-corrected chi connectivity index (χ1v) is 8.23. The van der Waals surface area contributed by atoms with Crippen LogP contribution in [0.1, 0.15) is 16.1 Å².